The second-order valence-corrected chi connectivity index (χ2v) is 3.43. The van der Waals surface area contributed by atoms with Crippen molar-refractivity contribution in [2.24, 2.45) is 0 Å². The van der Waals surface area contributed by atoms with Crippen LogP contribution in [0.2, 0.25) is 0 Å². The van der Waals surface area contributed by atoms with Crippen LogP contribution in [0, 0.1) is 6.92 Å². The highest BCUT2D eigenvalue weighted by atomic mass is 16.5. The minimum Gasteiger partial charge on any atom is -0.469 e. The molecule has 0 fully saturated rings. The molecule has 0 aliphatic rings. The third kappa shape index (κ3) is 2.87. The molecule has 0 radical (unpaired) electrons. The van der Waals surface area contributed by atoms with E-state index in [0.717, 1.165) is 12.0 Å². The van der Waals surface area contributed by atoms with Crippen molar-refractivity contribution in [3.8, 4) is 0 Å². The number of benzene rings is 1. The van der Waals surface area contributed by atoms with Crippen LogP contribution in [-0.4, -0.2) is 13.1 Å². The van der Waals surface area contributed by atoms with E-state index in [1.165, 1.54) is 18.2 Å². The fraction of sp³-hybridized carbons (Fsp3) is 0.417. The molecular formula is C12H16O2. The number of rotatable bonds is 3. The van der Waals surface area contributed by atoms with Gasteiger partial charge in [-0.2, -0.15) is 0 Å². The lowest BCUT2D eigenvalue weighted by Crippen LogP contribution is -2.05. The molecule has 0 spiro atoms. The van der Waals surface area contributed by atoms with E-state index >= 15 is 0 Å². The van der Waals surface area contributed by atoms with Crippen LogP contribution in [0.25, 0.3) is 0 Å². The molecule has 0 bridgehead atoms. The molecule has 1 rings (SSSR count). The van der Waals surface area contributed by atoms with Gasteiger partial charge < -0.3 is 4.74 Å². The van der Waals surface area contributed by atoms with Crippen LogP contribution in [-0.2, 0) is 22.4 Å². The molecule has 0 unspecified atom stereocenters. The number of methoxy groups -OCH3 is 1. The highest BCUT2D eigenvalue weighted by Crippen LogP contribution is 2.11. The summed E-state index contributed by atoms with van der Waals surface area (Å²) in [4.78, 5) is 11.1. The van der Waals surface area contributed by atoms with Crippen LogP contribution in [0.3, 0.4) is 0 Å². The van der Waals surface area contributed by atoms with Gasteiger partial charge in [-0.1, -0.05) is 30.7 Å². The SMILES string of the molecule is CCc1cc(C)cc(CC(=O)OC)c1. The quantitative estimate of drug-likeness (QED) is 0.687. The van der Waals surface area contributed by atoms with Crippen molar-refractivity contribution in [1.29, 1.82) is 0 Å². The van der Waals surface area contributed by atoms with E-state index < -0.39 is 0 Å². The van der Waals surface area contributed by atoms with E-state index in [1.54, 1.807) is 0 Å². The lowest BCUT2D eigenvalue weighted by molar-refractivity contribution is -0.139. The summed E-state index contributed by atoms with van der Waals surface area (Å²) in [7, 11) is 1.42. The summed E-state index contributed by atoms with van der Waals surface area (Å²) in [6.07, 6.45) is 1.36. The predicted molar refractivity (Wildman–Crippen MR) is 56.3 cm³/mol. The largest absolute Gasteiger partial charge is 0.469 e. The first-order chi connectivity index (χ1) is 6.65. The summed E-state index contributed by atoms with van der Waals surface area (Å²) in [6, 6.07) is 6.22. The van der Waals surface area contributed by atoms with E-state index in [0.29, 0.717) is 6.42 Å². The molecular weight excluding hydrogens is 176 g/mol. The van der Waals surface area contributed by atoms with Crippen molar-refractivity contribution in [3.63, 3.8) is 0 Å². The summed E-state index contributed by atoms with van der Waals surface area (Å²) >= 11 is 0. The van der Waals surface area contributed by atoms with Crippen molar-refractivity contribution in [3.05, 3.63) is 34.9 Å². The Morgan fingerprint density at radius 1 is 1.29 bits per heavy atom. The standard InChI is InChI=1S/C12H16O2/c1-4-10-5-9(2)6-11(7-10)8-12(13)14-3/h5-7H,4,8H2,1-3H3. The first-order valence-electron chi connectivity index (χ1n) is 4.82. The number of hydrogen-bond acceptors (Lipinski definition) is 2. The van der Waals surface area contributed by atoms with Crippen molar-refractivity contribution < 1.29 is 9.53 Å². The van der Waals surface area contributed by atoms with Gasteiger partial charge in [0.05, 0.1) is 13.5 Å². The minimum atomic E-state index is -0.183. The Morgan fingerprint density at radius 2 is 1.93 bits per heavy atom. The van der Waals surface area contributed by atoms with Gasteiger partial charge in [-0.15, -0.1) is 0 Å². The normalized spacial score (nSPS) is 9.93. The van der Waals surface area contributed by atoms with E-state index in [2.05, 4.69) is 23.8 Å². The van der Waals surface area contributed by atoms with Crippen molar-refractivity contribution in [2.45, 2.75) is 26.7 Å². The molecule has 0 aliphatic carbocycles. The fourth-order valence-corrected chi connectivity index (χ4v) is 1.49. The maximum absolute atomic E-state index is 11.1. The van der Waals surface area contributed by atoms with Crippen LogP contribution in [0.15, 0.2) is 18.2 Å². The third-order valence-electron chi connectivity index (χ3n) is 2.18. The zero-order valence-electron chi connectivity index (χ0n) is 8.96. The Hall–Kier alpha value is -1.31. The molecule has 0 atom stereocenters. The Morgan fingerprint density at radius 3 is 2.50 bits per heavy atom. The van der Waals surface area contributed by atoms with E-state index in [4.69, 9.17) is 0 Å². The van der Waals surface area contributed by atoms with Crippen LogP contribution >= 0.6 is 0 Å². The van der Waals surface area contributed by atoms with Crippen molar-refractivity contribution in [2.75, 3.05) is 7.11 Å². The molecule has 0 amide bonds. The molecule has 1 aromatic rings. The number of ether oxygens (including phenoxy) is 1. The van der Waals surface area contributed by atoms with Crippen LogP contribution in [0.4, 0.5) is 0 Å². The number of aryl methyl sites for hydroxylation is 2. The zero-order valence-corrected chi connectivity index (χ0v) is 8.96. The number of carbonyl (C=O) groups excluding carboxylic acids is 1. The minimum absolute atomic E-state index is 0.183. The van der Waals surface area contributed by atoms with Gasteiger partial charge >= 0.3 is 5.97 Å². The Kier molecular flexibility index (Phi) is 3.69. The van der Waals surface area contributed by atoms with Crippen LogP contribution < -0.4 is 0 Å². The number of carbonyl (C=O) groups is 1. The van der Waals surface area contributed by atoms with E-state index in [-0.39, 0.29) is 5.97 Å². The maximum atomic E-state index is 11.1. The molecule has 0 heterocycles. The van der Waals surface area contributed by atoms with Crippen molar-refractivity contribution >= 4 is 5.97 Å². The smallest absolute Gasteiger partial charge is 0.309 e. The monoisotopic (exact) mass is 192 g/mol. The first kappa shape index (κ1) is 10.8. The second-order valence-electron chi connectivity index (χ2n) is 3.43. The molecule has 0 aliphatic heterocycles. The maximum Gasteiger partial charge on any atom is 0.309 e. The summed E-state index contributed by atoms with van der Waals surface area (Å²) < 4.78 is 4.63. The predicted octanol–water partition coefficient (Wildman–Crippen LogP) is 2.27. The topological polar surface area (TPSA) is 26.3 Å². The summed E-state index contributed by atoms with van der Waals surface area (Å²) in [5, 5.41) is 0. The van der Waals surface area contributed by atoms with Gasteiger partial charge in [0.25, 0.3) is 0 Å². The van der Waals surface area contributed by atoms with Crippen LogP contribution in [0.1, 0.15) is 23.6 Å². The second kappa shape index (κ2) is 4.80. The van der Waals surface area contributed by atoms with Crippen molar-refractivity contribution in [1.82, 2.24) is 0 Å². The van der Waals surface area contributed by atoms with Crippen LogP contribution in [0.5, 0.6) is 0 Å². The van der Waals surface area contributed by atoms with Gasteiger partial charge in [0.15, 0.2) is 0 Å². The van der Waals surface area contributed by atoms with Gasteiger partial charge in [0.1, 0.15) is 0 Å². The highest BCUT2D eigenvalue weighted by Gasteiger charge is 2.04. The van der Waals surface area contributed by atoms with Gasteiger partial charge in [-0.05, 0) is 24.5 Å². The van der Waals surface area contributed by atoms with E-state index in [9.17, 15) is 4.79 Å². The first-order valence-corrected chi connectivity index (χ1v) is 4.82. The molecule has 0 aromatic heterocycles. The highest BCUT2D eigenvalue weighted by molar-refractivity contribution is 5.72. The lowest BCUT2D eigenvalue weighted by Gasteiger charge is -2.05. The molecule has 1 aromatic carbocycles. The molecule has 76 valence electrons. The molecule has 0 saturated carbocycles. The molecule has 14 heavy (non-hydrogen) atoms. The summed E-state index contributed by atoms with van der Waals surface area (Å²) in [6.45, 7) is 4.15. The van der Waals surface area contributed by atoms with Gasteiger partial charge in [0.2, 0.25) is 0 Å². The average Bonchev–Trinajstić information content (AvgIpc) is 2.16. The number of hydrogen-bond donors (Lipinski definition) is 0. The fourth-order valence-electron chi connectivity index (χ4n) is 1.49. The summed E-state index contributed by atoms with van der Waals surface area (Å²) in [5.74, 6) is -0.183. The summed E-state index contributed by atoms with van der Waals surface area (Å²) in [5.41, 5.74) is 3.50. The molecule has 0 saturated heterocycles. The molecule has 2 nitrogen and oxygen atoms in total. The zero-order chi connectivity index (χ0) is 10.6. The Labute approximate surface area is 84.9 Å². The molecule has 2 heteroatoms. The van der Waals surface area contributed by atoms with Gasteiger partial charge in [-0.3, -0.25) is 4.79 Å². The van der Waals surface area contributed by atoms with Gasteiger partial charge in [0, 0.05) is 0 Å². The lowest BCUT2D eigenvalue weighted by atomic mass is 10.0. The van der Waals surface area contributed by atoms with Gasteiger partial charge in [-0.25, -0.2) is 0 Å². The molecule has 0 N–H and O–H groups in total. The van der Waals surface area contributed by atoms with E-state index in [1.807, 2.05) is 13.0 Å². The average molecular weight is 192 g/mol. The Bertz CT molecular complexity index is 329. The Balaban J connectivity index is 2.86. The number of esters is 1. The third-order valence-corrected chi connectivity index (χ3v) is 2.18.